The quantitative estimate of drug-likeness (QED) is 0.891. The molecule has 0 radical (unpaired) electrons. The Morgan fingerprint density at radius 3 is 2.43 bits per heavy atom. The highest BCUT2D eigenvalue weighted by atomic mass is 35.5. The van der Waals surface area contributed by atoms with Crippen LogP contribution in [0, 0.1) is 5.92 Å². The molecule has 1 N–H and O–H groups in total. The lowest BCUT2D eigenvalue weighted by molar-refractivity contribution is 0.131. The van der Waals surface area contributed by atoms with Crippen molar-refractivity contribution in [2.24, 2.45) is 5.92 Å². The molecule has 1 aromatic rings. The Morgan fingerprint density at radius 1 is 1.19 bits per heavy atom. The Kier molecular flexibility index (Phi) is 4.88. The largest absolute Gasteiger partial charge is 0.314 e. The SMILES string of the molecule is CC(Cc1ccc(Cl)cc1)NCC1CC2CCC(C1)N2C. The summed E-state index contributed by atoms with van der Waals surface area (Å²) >= 11 is 5.94. The summed E-state index contributed by atoms with van der Waals surface area (Å²) < 4.78 is 0. The Morgan fingerprint density at radius 2 is 1.81 bits per heavy atom. The van der Waals surface area contributed by atoms with Gasteiger partial charge in [0.25, 0.3) is 0 Å². The van der Waals surface area contributed by atoms with Crippen LogP contribution in [0.2, 0.25) is 5.02 Å². The molecule has 1 aromatic carbocycles. The van der Waals surface area contributed by atoms with Crippen molar-refractivity contribution in [1.29, 1.82) is 0 Å². The summed E-state index contributed by atoms with van der Waals surface area (Å²) in [6, 6.07) is 10.5. The number of hydrogen-bond acceptors (Lipinski definition) is 2. The number of nitrogens with zero attached hydrogens (tertiary/aromatic N) is 1. The molecule has 0 amide bonds. The molecule has 3 unspecified atom stereocenters. The lowest BCUT2D eigenvalue weighted by atomic mass is 9.91. The van der Waals surface area contributed by atoms with Crippen LogP contribution in [0.5, 0.6) is 0 Å². The van der Waals surface area contributed by atoms with Gasteiger partial charge >= 0.3 is 0 Å². The second-order valence-electron chi connectivity index (χ2n) is 7.03. The van der Waals surface area contributed by atoms with E-state index in [9.17, 15) is 0 Å². The van der Waals surface area contributed by atoms with Gasteiger partial charge in [-0.25, -0.2) is 0 Å². The van der Waals surface area contributed by atoms with Crippen LogP contribution in [-0.4, -0.2) is 36.6 Å². The smallest absolute Gasteiger partial charge is 0.0406 e. The molecule has 3 rings (SSSR count). The molecule has 2 aliphatic heterocycles. The summed E-state index contributed by atoms with van der Waals surface area (Å²) in [5.41, 5.74) is 1.36. The Hall–Kier alpha value is -0.570. The highest BCUT2D eigenvalue weighted by Crippen LogP contribution is 2.37. The highest BCUT2D eigenvalue weighted by Gasteiger charge is 2.38. The molecule has 0 spiro atoms. The normalized spacial score (nSPS) is 30.5. The molecular formula is C18H27ClN2. The van der Waals surface area contributed by atoms with Crippen LogP contribution in [-0.2, 0) is 6.42 Å². The van der Waals surface area contributed by atoms with Gasteiger partial charge in [-0.05, 0) is 76.2 Å². The highest BCUT2D eigenvalue weighted by molar-refractivity contribution is 6.30. The van der Waals surface area contributed by atoms with E-state index in [1.807, 2.05) is 12.1 Å². The maximum Gasteiger partial charge on any atom is 0.0406 e. The van der Waals surface area contributed by atoms with E-state index in [2.05, 4.69) is 36.3 Å². The second-order valence-corrected chi connectivity index (χ2v) is 7.46. The number of nitrogens with one attached hydrogen (secondary N) is 1. The predicted octanol–water partition coefficient (Wildman–Crippen LogP) is 3.73. The molecule has 0 aliphatic carbocycles. The molecule has 21 heavy (non-hydrogen) atoms. The van der Waals surface area contributed by atoms with Crippen molar-refractivity contribution in [1.82, 2.24) is 10.2 Å². The van der Waals surface area contributed by atoms with Crippen LogP contribution in [0.25, 0.3) is 0 Å². The monoisotopic (exact) mass is 306 g/mol. The van der Waals surface area contributed by atoms with Crippen LogP contribution in [0.3, 0.4) is 0 Å². The van der Waals surface area contributed by atoms with Crippen LogP contribution < -0.4 is 5.32 Å². The molecule has 2 fully saturated rings. The topological polar surface area (TPSA) is 15.3 Å². The van der Waals surface area contributed by atoms with E-state index < -0.39 is 0 Å². The minimum absolute atomic E-state index is 0.531. The summed E-state index contributed by atoms with van der Waals surface area (Å²) in [5.74, 6) is 0.867. The van der Waals surface area contributed by atoms with Crippen molar-refractivity contribution in [3.05, 3.63) is 34.9 Å². The van der Waals surface area contributed by atoms with Gasteiger partial charge in [-0.15, -0.1) is 0 Å². The van der Waals surface area contributed by atoms with E-state index in [0.29, 0.717) is 6.04 Å². The first-order valence-corrected chi connectivity index (χ1v) is 8.69. The molecule has 2 bridgehead atoms. The lowest BCUT2D eigenvalue weighted by Gasteiger charge is -2.36. The van der Waals surface area contributed by atoms with Gasteiger partial charge in [0.05, 0.1) is 0 Å². The van der Waals surface area contributed by atoms with Crippen molar-refractivity contribution in [3.63, 3.8) is 0 Å². The number of hydrogen-bond donors (Lipinski definition) is 1. The summed E-state index contributed by atoms with van der Waals surface area (Å²) in [7, 11) is 2.31. The van der Waals surface area contributed by atoms with Gasteiger partial charge in [-0.3, -0.25) is 0 Å². The molecule has 0 saturated carbocycles. The summed E-state index contributed by atoms with van der Waals surface area (Å²) in [5, 5.41) is 4.57. The van der Waals surface area contributed by atoms with Crippen LogP contribution in [0.4, 0.5) is 0 Å². The molecule has 0 aromatic heterocycles. The zero-order valence-corrected chi connectivity index (χ0v) is 13.9. The first-order valence-electron chi connectivity index (χ1n) is 8.31. The van der Waals surface area contributed by atoms with Crippen LogP contribution >= 0.6 is 11.6 Å². The third-order valence-corrected chi connectivity index (χ3v) is 5.66. The van der Waals surface area contributed by atoms with Gasteiger partial charge in [0.15, 0.2) is 0 Å². The van der Waals surface area contributed by atoms with E-state index in [1.165, 1.54) is 37.8 Å². The van der Waals surface area contributed by atoms with Crippen molar-refractivity contribution >= 4 is 11.6 Å². The zero-order chi connectivity index (χ0) is 14.8. The molecule has 3 atom stereocenters. The van der Waals surface area contributed by atoms with Gasteiger partial charge in [-0.1, -0.05) is 23.7 Å². The third kappa shape index (κ3) is 3.80. The Balaban J connectivity index is 1.44. The molecule has 116 valence electrons. The van der Waals surface area contributed by atoms with Gasteiger partial charge in [0.1, 0.15) is 0 Å². The first-order chi connectivity index (χ1) is 10.1. The lowest BCUT2D eigenvalue weighted by Crippen LogP contribution is -2.43. The molecule has 2 nitrogen and oxygen atoms in total. The standard InChI is InChI=1S/C18H27ClN2/c1-13(9-14-3-5-16(19)6-4-14)20-12-15-10-17-7-8-18(11-15)21(17)2/h3-6,13,15,17-18,20H,7-12H2,1-2H3. The second kappa shape index (κ2) is 6.68. The fourth-order valence-corrected chi connectivity index (χ4v) is 4.23. The predicted molar refractivity (Wildman–Crippen MR) is 89.9 cm³/mol. The molecular weight excluding hydrogens is 280 g/mol. The Bertz CT molecular complexity index is 445. The molecule has 3 heteroatoms. The zero-order valence-electron chi connectivity index (χ0n) is 13.2. The van der Waals surface area contributed by atoms with E-state index in [-0.39, 0.29) is 0 Å². The molecule has 2 heterocycles. The van der Waals surface area contributed by atoms with E-state index >= 15 is 0 Å². The number of rotatable bonds is 5. The maximum atomic E-state index is 5.94. The van der Waals surface area contributed by atoms with Gasteiger partial charge in [0.2, 0.25) is 0 Å². The minimum atomic E-state index is 0.531. The van der Waals surface area contributed by atoms with Crippen molar-refractivity contribution in [2.45, 2.75) is 57.2 Å². The number of benzene rings is 1. The van der Waals surface area contributed by atoms with Crippen LogP contribution in [0.1, 0.15) is 38.2 Å². The van der Waals surface area contributed by atoms with Crippen molar-refractivity contribution in [2.75, 3.05) is 13.6 Å². The minimum Gasteiger partial charge on any atom is -0.314 e. The summed E-state index contributed by atoms with van der Waals surface area (Å²) in [6.07, 6.45) is 6.67. The molecule has 2 aliphatic rings. The average Bonchev–Trinajstić information content (AvgIpc) is 2.70. The van der Waals surface area contributed by atoms with Gasteiger partial charge in [0, 0.05) is 23.1 Å². The van der Waals surface area contributed by atoms with E-state index in [4.69, 9.17) is 11.6 Å². The summed E-state index contributed by atoms with van der Waals surface area (Å²) in [4.78, 5) is 2.62. The fourth-order valence-electron chi connectivity index (χ4n) is 4.10. The van der Waals surface area contributed by atoms with Gasteiger partial charge in [-0.2, -0.15) is 0 Å². The Labute approximate surface area is 133 Å². The third-order valence-electron chi connectivity index (χ3n) is 5.41. The summed E-state index contributed by atoms with van der Waals surface area (Å²) in [6.45, 7) is 3.47. The average molecular weight is 307 g/mol. The van der Waals surface area contributed by atoms with Crippen molar-refractivity contribution in [3.8, 4) is 0 Å². The number of piperidine rings is 1. The number of fused-ring (bicyclic) bond motifs is 2. The van der Waals surface area contributed by atoms with E-state index in [0.717, 1.165) is 29.4 Å². The fraction of sp³-hybridized carbons (Fsp3) is 0.667. The van der Waals surface area contributed by atoms with E-state index in [1.54, 1.807) is 0 Å². The van der Waals surface area contributed by atoms with Gasteiger partial charge < -0.3 is 10.2 Å². The maximum absolute atomic E-state index is 5.94. The first kappa shape index (κ1) is 15.3. The van der Waals surface area contributed by atoms with Crippen molar-refractivity contribution < 1.29 is 0 Å². The molecule has 2 saturated heterocycles. The number of halogens is 1. The van der Waals surface area contributed by atoms with Crippen LogP contribution in [0.15, 0.2) is 24.3 Å².